The van der Waals surface area contributed by atoms with Gasteiger partial charge in [0.2, 0.25) is 11.1 Å². The van der Waals surface area contributed by atoms with Crippen LogP contribution < -0.4 is 14.8 Å². The van der Waals surface area contributed by atoms with Crippen molar-refractivity contribution in [2.45, 2.75) is 51.7 Å². The molecular formula is C23H32N4O4S. The summed E-state index contributed by atoms with van der Waals surface area (Å²) in [5.41, 5.74) is 2.00. The van der Waals surface area contributed by atoms with Crippen LogP contribution in [0.4, 0.5) is 5.95 Å². The molecule has 0 radical (unpaired) electrons. The van der Waals surface area contributed by atoms with Crippen LogP contribution in [0.2, 0.25) is 0 Å². The Morgan fingerprint density at radius 3 is 2.72 bits per heavy atom. The third kappa shape index (κ3) is 5.20. The minimum Gasteiger partial charge on any atom is -0.493 e. The van der Waals surface area contributed by atoms with Crippen LogP contribution in [-0.2, 0) is 9.53 Å². The minimum absolute atomic E-state index is 0.417. The van der Waals surface area contributed by atoms with Crippen LogP contribution >= 0.6 is 11.8 Å². The van der Waals surface area contributed by atoms with Gasteiger partial charge in [-0.05, 0) is 43.4 Å². The van der Waals surface area contributed by atoms with E-state index in [2.05, 4.69) is 36.2 Å². The van der Waals surface area contributed by atoms with Crippen LogP contribution in [0.15, 0.2) is 34.6 Å². The summed E-state index contributed by atoms with van der Waals surface area (Å²) in [6.07, 6.45) is 1.97. The number of methoxy groups -OCH3 is 2. The first-order valence-corrected chi connectivity index (χ1v) is 11.8. The molecule has 0 saturated carbocycles. The van der Waals surface area contributed by atoms with Crippen LogP contribution in [0.3, 0.4) is 0 Å². The van der Waals surface area contributed by atoms with Crippen LogP contribution in [-0.4, -0.2) is 47.3 Å². The van der Waals surface area contributed by atoms with Crippen LogP contribution in [0.5, 0.6) is 11.5 Å². The summed E-state index contributed by atoms with van der Waals surface area (Å²) < 4.78 is 18.4. The Morgan fingerprint density at radius 2 is 2.06 bits per heavy atom. The molecule has 1 aliphatic rings. The Kier molecular flexibility index (Phi) is 8.06. The van der Waals surface area contributed by atoms with Gasteiger partial charge in [-0.25, -0.2) is 9.48 Å². The number of fused-ring (bicyclic) bond motifs is 1. The Bertz CT molecular complexity index is 986. The first-order valence-electron chi connectivity index (χ1n) is 10.9. The summed E-state index contributed by atoms with van der Waals surface area (Å²) in [5.74, 6) is 2.92. The molecule has 8 nitrogen and oxygen atoms in total. The predicted molar refractivity (Wildman–Crippen MR) is 125 cm³/mol. The van der Waals surface area contributed by atoms with Gasteiger partial charge < -0.3 is 19.5 Å². The molecule has 0 amide bonds. The number of rotatable bonds is 10. The van der Waals surface area contributed by atoms with Crippen LogP contribution in [0, 0.1) is 5.92 Å². The first kappa shape index (κ1) is 24.0. The van der Waals surface area contributed by atoms with Gasteiger partial charge in [0.15, 0.2) is 11.5 Å². The lowest BCUT2D eigenvalue weighted by Crippen LogP contribution is -2.29. The lowest BCUT2D eigenvalue weighted by molar-refractivity contribution is -0.136. The van der Waals surface area contributed by atoms with Crippen molar-refractivity contribution in [1.82, 2.24) is 14.8 Å². The lowest BCUT2D eigenvalue weighted by atomic mass is 9.95. The van der Waals surface area contributed by atoms with Gasteiger partial charge in [0.25, 0.3) is 0 Å². The zero-order valence-corrected chi connectivity index (χ0v) is 20.4. The van der Waals surface area contributed by atoms with Crippen molar-refractivity contribution in [1.29, 1.82) is 0 Å². The summed E-state index contributed by atoms with van der Waals surface area (Å²) in [6.45, 7) is 8.89. The maximum atomic E-state index is 12.7. The van der Waals surface area contributed by atoms with Gasteiger partial charge in [-0.15, -0.1) is 5.10 Å². The van der Waals surface area contributed by atoms with Crippen molar-refractivity contribution in [3.05, 3.63) is 35.0 Å². The predicted octanol–water partition coefficient (Wildman–Crippen LogP) is 4.68. The number of allylic oxidation sites excluding steroid dienone is 1. The summed E-state index contributed by atoms with van der Waals surface area (Å²) in [7, 11) is 2.99. The number of carbonyl (C=O) groups is 1. The molecule has 3 rings (SSSR count). The van der Waals surface area contributed by atoms with E-state index in [9.17, 15) is 4.79 Å². The quantitative estimate of drug-likeness (QED) is 0.404. The molecule has 9 heteroatoms. The highest BCUT2D eigenvalue weighted by atomic mass is 32.2. The van der Waals surface area contributed by atoms with Gasteiger partial charge in [-0.2, -0.15) is 4.98 Å². The summed E-state index contributed by atoms with van der Waals surface area (Å²) in [6, 6.07) is 5.20. The standard InChI is InChI=1S/C23H32N4O4S/c1-7-12-32-23-25-22-24-15(4)19(21(28)30-6)20(27(22)26-23)16-8-9-17(18(13-16)29-5)31-11-10-14(2)3/h8-9,13-14,20H,7,10-12H2,1-6H3,(H,24,25,26). The average Bonchev–Trinajstić information content (AvgIpc) is 3.18. The van der Waals surface area contributed by atoms with E-state index in [1.807, 2.05) is 25.1 Å². The molecule has 0 saturated heterocycles. The van der Waals surface area contributed by atoms with Gasteiger partial charge in [-0.1, -0.05) is 38.6 Å². The molecule has 1 atom stereocenters. The second-order valence-corrected chi connectivity index (χ2v) is 9.07. The number of anilines is 1. The molecule has 1 N–H and O–H groups in total. The van der Waals surface area contributed by atoms with Crippen molar-refractivity contribution < 1.29 is 19.0 Å². The molecule has 0 fully saturated rings. The van der Waals surface area contributed by atoms with Crippen molar-refractivity contribution in [3.63, 3.8) is 0 Å². The highest BCUT2D eigenvalue weighted by Gasteiger charge is 2.35. The SMILES string of the molecule is CCCSc1nc2n(n1)C(c1ccc(OCCC(C)C)c(OC)c1)C(C(=O)OC)=C(C)N2. The monoisotopic (exact) mass is 460 g/mol. The number of ether oxygens (including phenoxy) is 3. The fourth-order valence-corrected chi connectivity index (χ4v) is 4.13. The Balaban J connectivity index is 2.02. The van der Waals surface area contributed by atoms with Gasteiger partial charge in [0.05, 0.1) is 26.4 Å². The maximum Gasteiger partial charge on any atom is 0.338 e. The summed E-state index contributed by atoms with van der Waals surface area (Å²) in [4.78, 5) is 17.3. The van der Waals surface area contributed by atoms with E-state index in [0.29, 0.717) is 46.4 Å². The Labute approximate surface area is 193 Å². The third-order valence-corrected chi connectivity index (χ3v) is 6.17. The number of hydrogen-bond donors (Lipinski definition) is 1. The zero-order valence-electron chi connectivity index (χ0n) is 19.6. The highest BCUT2D eigenvalue weighted by molar-refractivity contribution is 7.99. The lowest BCUT2D eigenvalue weighted by Gasteiger charge is -2.28. The number of aromatic nitrogens is 3. The summed E-state index contributed by atoms with van der Waals surface area (Å²) in [5, 5.41) is 8.55. The van der Waals surface area contributed by atoms with Crippen molar-refractivity contribution in [2.24, 2.45) is 5.92 Å². The molecule has 0 bridgehead atoms. The van der Waals surface area contributed by atoms with Crippen molar-refractivity contribution in [2.75, 3.05) is 31.9 Å². The fraction of sp³-hybridized carbons (Fsp3) is 0.522. The normalized spacial score (nSPS) is 15.4. The van der Waals surface area contributed by atoms with E-state index in [1.54, 1.807) is 23.6 Å². The largest absolute Gasteiger partial charge is 0.493 e. The van der Waals surface area contributed by atoms with Gasteiger partial charge >= 0.3 is 5.97 Å². The number of nitrogens with zero attached hydrogens (tertiary/aromatic N) is 3. The number of hydrogen-bond acceptors (Lipinski definition) is 8. The molecular weight excluding hydrogens is 428 g/mol. The van der Waals surface area contributed by atoms with E-state index in [-0.39, 0.29) is 0 Å². The number of benzene rings is 1. The van der Waals surface area contributed by atoms with Gasteiger partial charge in [0.1, 0.15) is 6.04 Å². The number of nitrogens with one attached hydrogen (secondary N) is 1. The molecule has 1 aromatic heterocycles. The van der Waals surface area contributed by atoms with E-state index >= 15 is 0 Å². The minimum atomic E-state index is -0.499. The van der Waals surface area contributed by atoms with Crippen LogP contribution in [0.25, 0.3) is 0 Å². The second-order valence-electron chi connectivity index (χ2n) is 8.01. The molecule has 1 unspecified atom stereocenters. The topological polar surface area (TPSA) is 87.5 Å². The molecule has 2 aromatic rings. The maximum absolute atomic E-state index is 12.7. The molecule has 0 spiro atoms. The van der Waals surface area contributed by atoms with Crippen molar-refractivity contribution >= 4 is 23.7 Å². The van der Waals surface area contributed by atoms with Gasteiger partial charge in [0, 0.05) is 11.4 Å². The Hall–Kier alpha value is -2.68. The molecule has 1 aliphatic heterocycles. The smallest absolute Gasteiger partial charge is 0.338 e. The Morgan fingerprint density at radius 1 is 1.28 bits per heavy atom. The second kappa shape index (κ2) is 10.8. The molecule has 2 heterocycles. The van der Waals surface area contributed by atoms with Gasteiger partial charge in [-0.3, -0.25) is 0 Å². The van der Waals surface area contributed by atoms with E-state index in [1.165, 1.54) is 7.11 Å². The number of esters is 1. The summed E-state index contributed by atoms with van der Waals surface area (Å²) >= 11 is 1.59. The number of carbonyl (C=O) groups excluding carboxylic acids is 1. The molecule has 32 heavy (non-hydrogen) atoms. The first-order chi connectivity index (χ1) is 15.4. The molecule has 1 aromatic carbocycles. The third-order valence-electron chi connectivity index (χ3n) is 5.13. The fourth-order valence-electron chi connectivity index (χ4n) is 3.45. The van der Waals surface area contributed by atoms with Crippen LogP contribution in [0.1, 0.15) is 52.1 Å². The average molecular weight is 461 g/mol. The zero-order chi connectivity index (χ0) is 23.3. The molecule has 0 aliphatic carbocycles. The van der Waals surface area contributed by atoms with E-state index in [0.717, 1.165) is 24.2 Å². The van der Waals surface area contributed by atoms with Crippen molar-refractivity contribution in [3.8, 4) is 11.5 Å². The highest BCUT2D eigenvalue weighted by Crippen LogP contribution is 2.39. The van der Waals surface area contributed by atoms with E-state index in [4.69, 9.17) is 14.2 Å². The number of thioether (sulfide) groups is 1. The molecule has 174 valence electrons. The van der Waals surface area contributed by atoms with E-state index < -0.39 is 12.0 Å².